The summed E-state index contributed by atoms with van der Waals surface area (Å²) >= 11 is 0. The molecule has 0 radical (unpaired) electrons. The lowest BCUT2D eigenvalue weighted by molar-refractivity contribution is 0.154. The molecule has 9 heteroatoms. The van der Waals surface area contributed by atoms with Crippen LogP contribution in [0.2, 0.25) is 0 Å². The van der Waals surface area contributed by atoms with Crippen molar-refractivity contribution < 1.29 is 13.2 Å². The number of rotatable bonds is 4. The van der Waals surface area contributed by atoms with E-state index in [0.717, 1.165) is 37.3 Å². The van der Waals surface area contributed by atoms with Gasteiger partial charge in [0.25, 0.3) is 0 Å². The van der Waals surface area contributed by atoms with Crippen LogP contribution in [-0.2, 0) is 10.0 Å². The minimum Gasteiger partial charge on any atom is -0.474 e. The van der Waals surface area contributed by atoms with E-state index in [2.05, 4.69) is 20.2 Å². The normalized spacial score (nSPS) is 21.0. The van der Waals surface area contributed by atoms with E-state index in [0.29, 0.717) is 32.1 Å². The Labute approximate surface area is 143 Å². The van der Waals surface area contributed by atoms with E-state index < -0.39 is 10.0 Å². The zero-order valence-electron chi connectivity index (χ0n) is 14.2. The Balaban J connectivity index is 1.69. The summed E-state index contributed by atoms with van der Waals surface area (Å²) in [6.07, 6.45) is 4.93. The molecule has 2 fully saturated rings. The molecular formula is C15H25N5O3S. The van der Waals surface area contributed by atoms with Crippen molar-refractivity contribution in [3.8, 4) is 5.88 Å². The van der Waals surface area contributed by atoms with Gasteiger partial charge in [-0.3, -0.25) is 0 Å². The first-order valence-corrected chi connectivity index (χ1v) is 10.2. The van der Waals surface area contributed by atoms with Gasteiger partial charge in [-0.15, -0.1) is 0 Å². The summed E-state index contributed by atoms with van der Waals surface area (Å²) in [5, 5.41) is 3.32. The van der Waals surface area contributed by atoms with Gasteiger partial charge in [0.05, 0.1) is 11.8 Å². The van der Waals surface area contributed by atoms with Crippen molar-refractivity contribution in [2.24, 2.45) is 0 Å². The monoisotopic (exact) mass is 355 g/mol. The van der Waals surface area contributed by atoms with Crippen LogP contribution in [0.4, 0.5) is 5.82 Å². The lowest BCUT2D eigenvalue weighted by Crippen LogP contribution is -2.48. The van der Waals surface area contributed by atoms with E-state index >= 15 is 0 Å². The van der Waals surface area contributed by atoms with E-state index in [1.54, 1.807) is 0 Å². The molecule has 0 atom stereocenters. The van der Waals surface area contributed by atoms with Gasteiger partial charge >= 0.3 is 0 Å². The predicted molar refractivity (Wildman–Crippen MR) is 91.9 cm³/mol. The summed E-state index contributed by atoms with van der Waals surface area (Å²) < 4.78 is 30.8. The molecule has 2 saturated heterocycles. The number of hydrogen-bond donors (Lipinski definition) is 1. The van der Waals surface area contributed by atoms with E-state index in [1.807, 2.05) is 6.92 Å². The molecule has 134 valence electrons. The van der Waals surface area contributed by atoms with Gasteiger partial charge in [0.1, 0.15) is 18.2 Å². The number of piperidine rings is 1. The van der Waals surface area contributed by atoms with Crippen molar-refractivity contribution in [3.05, 3.63) is 11.9 Å². The van der Waals surface area contributed by atoms with Crippen molar-refractivity contribution in [2.45, 2.75) is 25.9 Å². The second-order valence-corrected chi connectivity index (χ2v) is 8.33. The quantitative estimate of drug-likeness (QED) is 0.813. The molecule has 1 N–H and O–H groups in total. The number of ether oxygens (including phenoxy) is 1. The zero-order chi connectivity index (χ0) is 17.2. The first kappa shape index (κ1) is 17.4. The van der Waals surface area contributed by atoms with Gasteiger partial charge in [-0.1, -0.05) is 0 Å². The van der Waals surface area contributed by atoms with Crippen LogP contribution in [0.3, 0.4) is 0 Å². The lowest BCUT2D eigenvalue weighted by Gasteiger charge is -2.34. The van der Waals surface area contributed by atoms with Gasteiger partial charge in [-0.25, -0.2) is 18.4 Å². The molecule has 3 rings (SSSR count). The standard InChI is InChI=1S/C15H25N5O3S/c1-12-14(19-7-9-20(10-8-19)24(2,21)22)17-11-18-15(12)23-13-3-5-16-6-4-13/h11,13,16H,3-10H2,1-2H3. The highest BCUT2D eigenvalue weighted by Crippen LogP contribution is 2.26. The average molecular weight is 355 g/mol. The number of aromatic nitrogens is 2. The second-order valence-electron chi connectivity index (χ2n) is 6.34. The minimum atomic E-state index is -3.13. The number of nitrogens with one attached hydrogen (secondary N) is 1. The van der Waals surface area contributed by atoms with E-state index in [9.17, 15) is 8.42 Å². The third kappa shape index (κ3) is 3.96. The van der Waals surface area contributed by atoms with Crippen LogP contribution < -0.4 is 15.0 Å². The molecule has 0 spiro atoms. The Bertz CT molecular complexity index is 668. The van der Waals surface area contributed by atoms with Gasteiger partial charge in [0.15, 0.2) is 0 Å². The summed E-state index contributed by atoms with van der Waals surface area (Å²) in [6, 6.07) is 0. The molecule has 0 bridgehead atoms. The van der Waals surface area contributed by atoms with Crippen molar-refractivity contribution in [2.75, 3.05) is 50.4 Å². The topological polar surface area (TPSA) is 87.7 Å². The molecule has 0 amide bonds. The van der Waals surface area contributed by atoms with E-state index in [-0.39, 0.29) is 6.10 Å². The SMILES string of the molecule is Cc1c(OC2CCNCC2)ncnc1N1CCN(S(C)(=O)=O)CC1. The number of anilines is 1. The summed E-state index contributed by atoms with van der Waals surface area (Å²) in [4.78, 5) is 10.8. The Morgan fingerprint density at radius 2 is 1.83 bits per heavy atom. The molecule has 0 saturated carbocycles. The molecule has 3 heterocycles. The first-order valence-electron chi connectivity index (χ1n) is 8.34. The van der Waals surface area contributed by atoms with Crippen LogP contribution in [0.15, 0.2) is 6.33 Å². The summed E-state index contributed by atoms with van der Waals surface area (Å²) in [5.74, 6) is 1.47. The van der Waals surface area contributed by atoms with Crippen LogP contribution in [0, 0.1) is 6.92 Å². The summed E-state index contributed by atoms with van der Waals surface area (Å²) in [6.45, 7) is 6.10. The smallest absolute Gasteiger partial charge is 0.221 e. The highest BCUT2D eigenvalue weighted by atomic mass is 32.2. The van der Waals surface area contributed by atoms with Crippen molar-refractivity contribution in [1.29, 1.82) is 0 Å². The largest absolute Gasteiger partial charge is 0.474 e. The summed E-state index contributed by atoms with van der Waals surface area (Å²) in [5.41, 5.74) is 0.920. The molecule has 24 heavy (non-hydrogen) atoms. The maximum absolute atomic E-state index is 11.6. The maximum atomic E-state index is 11.6. The van der Waals surface area contributed by atoms with Crippen molar-refractivity contribution >= 4 is 15.8 Å². The van der Waals surface area contributed by atoms with E-state index in [4.69, 9.17) is 4.74 Å². The molecule has 1 aromatic rings. The minimum absolute atomic E-state index is 0.190. The number of nitrogens with zero attached hydrogens (tertiary/aromatic N) is 4. The zero-order valence-corrected chi connectivity index (χ0v) is 15.0. The van der Waals surface area contributed by atoms with Gasteiger partial charge in [-0.05, 0) is 32.9 Å². The van der Waals surface area contributed by atoms with Crippen LogP contribution >= 0.6 is 0 Å². The fourth-order valence-corrected chi connectivity index (χ4v) is 3.99. The number of hydrogen-bond acceptors (Lipinski definition) is 7. The molecule has 1 aromatic heterocycles. The summed E-state index contributed by atoms with van der Waals surface area (Å²) in [7, 11) is -3.13. The first-order chi connectivity index (χ1) is 11.4. The number of piperazine rings is 1. The third-order valence-electron chi connectivity index (χ3n) is 4.58. The Hall–Kier alpha value is -1.45. The van der Waals surface area contributed by atoms with Crippen LogP contribution in [-0.4, -0.2) is 74.3 Å². The van der Waals surface area contributed by atoms with Crippen LogP contribution in [0.1, 0.15) is 18.4 Å². The highest BCUT2D eigenvalue weighted by Gasteiger charge is 2.26. The highest BCUT2D eigenvalue weighted by molar-refractivity contribution is 7.88. The molecule has 0 aromatic carbocycles. The van der Waals surface area contributed by atoms with Crippen LogP contribution in [0.25, 0.3) is 0 Å². The van der Waals surface area contributed by atoms with Gasteiger partial charge in [0, 0.05) is 26.2 Å². The molecule has 0 aliphatic carbocycles. The Morgan fingerprint density at radius 1 is 1.17 bits per heavy atom. The molecule has 0 unspecified atom stereocenters. The fourth-order valence-electron chi connectivity index (χ4n) is 3.17. The average Bonchev–Trinajstić information content (AvgIpc) is 2.57. The second kappa shape index (κ2) is 7.20. The predicted octanol–water partition coefficient (Wildman–Crippen LogP) is -0.00258. The van der Waals surface area contributed by atoms with Gasteiger partial charge in [0.2, 0.25) is 15.9 Å². The molecule has 2 aliphatic heterocycles. The Morgan fingerprint density at radius 3 is 2.46 bits per heavy atom. The van der Waals surface area contributed by atoms with Gasteiger partial charge < -0.3 is 15.0 Å². The maximum Gasteiger partial charge on any atom is 0.221 e. The lowest BCUT2D eigenvalue weighted by atomic mass is 10.1. The third-order valence-corrected chi connectivity index (χ3v) is 5.89. The molecule has 8 nitrogen and oxygen atoms in total. The fraction of sp³-hybridized carbons (Fsp3) is 0.733. The molecular weight excluding hydrogens is 330 g/mol. The Kier molecular flexibility index (Phi) is 5.21. The molecule has 2 aliphatic rings. The van der Waals surface area contributed by atoms with Gasteiger partial charge in [-0.2, -0.15) is 4.31 Å². The van der Waals surface area contributed by atoms with Crippen molar-refractivity contribution in [3.63, 3.8) is 0 Å². The van der Waals surface area contributed by atoms with Crippen molar-refractivity contribution in [1.82, 2.24) is 19.6 Å². The van der Waals surface area contributed by atoms with E-state index in [1.165, 1.54) is 16.9 Å². The number of sulfonamides is 1. The van der Waals surface area contributed by atoms with Crippen LogP contribution in [0.5, 0.6) is 5.88 Å².